The Morgan fingerprint density at radius 3 is 2.71 bits per heavy atom. The van der Waals surface area contributed by atoms with Crippen LogP contribution >= 0.6 is 22.7 Å². The van der Waals surface area contributed by atoms with Gasteiger partial charge in [0.05, 0.1) is 6.54 Å². The number of aliphatic imine (C=N–C) groups is 1. The molecule has 0 saturated carbocycles. The number of halogens is 3. The Bertz CT molecular complexity index is 650. The van der Waals surface area contributed by atoms with Gasteiger partial charge in [-0.3, -0.25) is 0 Å². The highest BCUT2D eigenvalue weighted by molar-refractivity contribution is 7.09. The maximum absolute atomic E-state index is 12.5. The Morgan fingerprint density at radius 1 is 1.33 bits per heavy atom. The quantitative estimate of drug-likeness (QED) is 0.590. The average molecular weight is 376 g/mol. The van der Waals surface area contributed by atoms with Crippen LogP contribution < -0.4 is 10.6 Å². The van der Waals surface area contributed by atoms with E-state index in [1.165, 1.54) is 5.56 Å². The Labute approximate surface area is 146 Å². The van der Waals surface area contributed by atoms with Crippen molar-refractivity contribution < 1.29 is 13.2 Å². The van der Waals surface area contributed by atoms with Crippen LogP contribution in [0, 0.1) is 0 Å². The molecule has 2 aromatic rings. The zero-order chi connectivity index (χ0) is 17.6. The van der Waals surface area contributed by atoms with Gasteiger partial charge in [-0.25, -0.2) is 9.98 Å². The molecule has 0 fully saturated rings. The lowest BCUT2D eigenvalue weighted by Gasteiger charge is -2.15. The first kappa shape index (κ1) is 18.7. The number of rotatable bonds is 6. The second-order valence-electron chi connectivity index (χ2n) is 5.16. The van der Waals surface area contributed by atoms with E-state index in [0.29, 0.717) is 30.0 Å². The molecule has 24 heavy (non-hydrogen) atoms. The second-order valence-corrected chi connectivity index (χ2v) is 6.88. The first-order chi connectivity index (χ1) is 11.4. The van der Waals surface area contributed by atoms with E-state index in [2.05, 4.69) is 39.0 Å². The van der Waals surface area contributed by atoms with Gasteiger partial charge in [0.25, 0.3) is 0 Å². The maximum atomic E-state index is 12.5. The molecule has 132 valence electrons. The van der Waals surface area contributed by atoms with E-state index in [1.54, 1.807) is 11.3 Å². The number of alkyl halides is 3. The Balaban J connectivity index is 1.94. The van der Waals surface area contributed by atoms with Crippen LogP contribution in [0.3, 0.4) is 0 Å². The van der Waals surface area contributed by atoms with Crippen molar-refractivity contribution in [1.29, 1.82) is 0 Å². The summed E-state index contributed by atoms with van der Waals surface area (Å²) in [6.07, 6.45) is -4.41. The normalized spacial score (nSPS) is 13.8. The number of hydrogen-bond donors (Lipinski definition) is 2. The molecule has 0 radical (unpaired) electrons. The Morgan fingerprint density at radius 2 is 2.12 bits per heavy atom. The van der Waals surface area contributed by atoms with Gasteiger partial charge >= 0.3 is 6.18 Å². The summed E-state index contributed by atoms with van der Waals surface area (Å²) in [5.41, 5.74) is 0.389. The third-order valence-corrected chi connectivity index (χ3v) is 4.78. The highest BCUT2D eigenvalue weighted by Crippen LogP contribution is 2.30. The molecule has 0 aliphatic rings. The van der Waals surface area contributed by atoms with Gasteiger partial charge in [0.2, 0.25) is 0 Å². The molecule has 2 aromatic heterocycles. The van der Waals surface area contributed by atoms with Crippen LogP contribution in [0.1, 0.15) is 36.0 Å². The fourth-order valence-electron chi connectivity index (χ4n) is 1.93. The monoisotopic (exact) mass is 376 g/mol. The van der Waals surface area contributed by atoms with Crippen LogP contribution in [-0.2, 0) is 12.7 Å². The van der Waals surface area contributed by atoms with Gasteiger partial charge in [-0.2, -0.15) is 24.5 Å². The molecule has 9 heteroatoms. The minimum atomic E-state index is -4.41. The summed E-state index contributed by atoms with van der Waals surface area (Å²) < 4.78 is 37.6. The second kappa shape index (κ2) is 8.48. The van der Waals surface area contributed by atoms with Crippen LogP contribution in [-0.4, -0.2) is 24.0 Å². The predicted octanol–water partition coefficient (Wildman–Crippen LogP) is 4.08. The molecule has 2 heterocycles. The van der Waals surface area contributed by atoms with Gasteiger partial charge < -0.3 is 10.6 Å². The SMILES string of the molecule is CCNC(=NCc1nc(C(F)(F)F)cs1)NCC(C)c1ccsc1. The van der Waals surface area contributed by atoms with E-state index in [0.717, 1.165) is 16.7 Å². The molecule has 0 aliphatic carbocycles. The molecule has 2 rings (SSSR count). The minimum Gasteiger partial charge on any atom is -0.357 e. The molecule has 0 spiro atoms. The zero-order valence-corrected chi connectivity index (χ0v) is 15.0. The van der Waals surface area contributed by atoms with Crippen molar-refractivity contribution in [2.45, 2.75) is 32.5 Å². The lowest BCUT2D eigenvalue weighted by Crippen LogP contribution is -2.39. The molecular weight excluding hydrogens is 357 g/mol. The summed E-state index contributed by atoms with van der Waals surface area (Å²) in [6.45, 7) is 5.52. The van der Waals surface area contributed by atoms with E-state index >= 15 is 0 Å². The summed E-state index contributed by atoms with van der Waals surface area (Å²) in [5, 5.41) is 11.8. The third kappa shape index (κ3) is 5.48. The van der Waals surface area contributed by atoms with Crippen molar-refractivity contribution in [1.82, 2.24) is 15.6 Å². The lowest BCUT2D eigenvalue weighted by molar-refractivity contribution is -0.140. The van der Waals surface area contributed by atoms with Gasteiger partial charge in [0.1, 0.15) is 5.01 Å². The average Bonchev–Trinajstić information content (AvgIpc) is 3.20. The molecule has 4 nitrogen and oxygen atoms in total. The lowest BCUT2D eigenvalue weighted by atomic mass is 10.1. The topological polar surface area (TPSA) is 49.3 Å². The van der Waals surface area contributed by atoms with Crippen LogP contribution in [0.25, 0.3) is 0 Å². The zero-order valence-electron chi connectivity index (χ0n) is 13.4. The van der Waals surface area contributed by atoms with Crippen LogP contribution in [0.2, 0.25) is 0 Å². The first-order valence-corrected chi connectivity index (χ1v) is 9.28. The fraction of sp³-hybridized carbons (Fsp3) is 0.467. The third-order valence-electron chi connectivity index (χ3n) is 3.25. The summed E-state index contributed by atoms with van der Waals surface area (Å²) in [6, 6.07) is 2.08. The van der Waals surface area contributed by atoms with Crippen molar-refractivity contribution >= 4 is 28.6 Å². The summed E-state index contributed by atoms with van der Waals surface area (Å²) in [5.74, 6) is 0.889. The molecule has 2 N–H and O–H groups in total. The maximum Gasteiger partial charge on any atom is 0.434 e. The minimum absolute atomic E-state index is 0.114. The molecule has 1 atom stereocenters. The highest BCUT2D eigenvalue weighted by Gasteiger charge is 2.33. The van der Waals surface area contributed by atoms with Gasteiger partial charge in [0.15, 0.2) is 11.7 Å². The van der Waals surface area contributed by atoms with E-state index < -0.39 is 11.9 Å². The van der Waals surface area contributed by atoms with E-state index in [-0.39, 0.29) is 6.54 Å². The fourth-order valence-corrected chi connectivity index (χ4v) is 3.43. The van der Waals surface area contributed by atoms with Crippen molar-refractivity contribution in [3.05, 3.63) is 38.5 Å². The van der Waals surface area contributed by atoms with Crippen molar-refractivity contribution in [3.63, 3.8) is 0 Å². The smallest absolute Gasteiger partial charge is 0.357 e. The number of hydrogen-bond acceptors (Lipinski definition) is 4. The van der Waals surface area contributed by atoms with Gasteiger partial charge in [-0.15, -0.1) is 11.3 Å². The number of thiazole rings is 1. The number of nitrogens with zero attached hydrogens (tertiary/aromatic N) is 2. The Kier molecular flexibility index (Phi) is 6.61. The van der Waals surface area contributed by atoms with Gasteiger partial charge in [-0.05, 0) is 35.2 Å². The van der Waals surface area contributed by atoms with E-state index in [1.807, 2.05) is 12.3 Å². The summed E-state index contributed by atoms with van der Waals surface area (Å²) in [7, 11) is 0. The first-order valence-electron chi connectivity index (χ1n) is 7.46. The standard InChI is InChI=1S/C15H19F3N4S2/c1-3-19-14(20-6-10(2)11-4-5-23-8-11)21-7-13-22-12(9-24-13)15(16,17)18/h4-5,8-10H,3,6-7H2,1-2H3,(H2,19,20,21). The van der Waals surface area contributed by atoms with Crippen LogP contribution in [0.4, 0.5) is 13.2 Å². The largest absolute Gasteiger partial charge is 0.434 e. The van der Waals surface area contributed by atoms with E-state index in [4.69, 9.17) is 0 Å². The molecule has 0 amide bonds. The Hall–Kier alpha value is -1.61. The molecule has 0 saturated heterocycles. The van der Waals surface area contributed by atoms with Crippen molar-refractivity contribution in [3.8, 4) is 0 Å². The van der Waals surface area contributed by atoms with Crippen molar-refractivity contribution in [2.75, 3.05) is 13.1 Å². The predicted molar refractivity (Wildman–Crippen MR) is 92.7 cm³/mol. The molecule has 1 unspecified atom stereocenters. The van der Waals surface area contributed by atoms with Crippen LogP contribution in [0.15, 0.2) is 27.2 Å². The van der Waals surface area contributed by atoms with E-state index in [9.17, 15) is 13.2 Å². The number of thiophene rings is 1. The summed E-state index contributed by atoms with van der Waals surface area (Å²) in [4.78, 5) is 7.89. The molecule has 0 aromatic carbocycles. The number of aromatic nitrogens is 1. The highest BCUT2D eigenvalue weighted by atomic mass is 32.1. The van der Waals surface area contributed by atoms with Crippen LogP contribution in [0.5, 0.6) is 0 Å². The number of nitrogens with one attached hydrogen (secondary N) is 2. The molecule has 0 aliphatic heterocycles. The number of guanidine groups is 1. The van der Waals surface area contributed by atoms with Crippen molar-refractivity contribution in [2.24, 2.45) is 4.99 Å². The van der Waals surface area contributed by atoms with Gasteiger partial charge in [-0.1, -0.05) is 6.92 Å². The molecular formula is C15H19F3N4S2. The molecule has 0 bridgehead atoms. The van der Waals surface area contributed by atoms with Gasteiger partial charge in [0, 0.05) is 18.5 Å². The summed E-state index contributed by atoms with van der Waals surface area (Å²) >= 11 is 2.62.